The normalized spacial score (nSPS) is 11.2. The summed E-state index contributed by atoms with van der Waals surface area (Å²) < 4.78 is 30.1. The molecule has 3 N–H and O–H groups in total. The third-order valence-electron chi connectivity index (χ3n) is 4.18. The first-order valence-corrected chi connectivity index (χ1v) is 8.60. The van der Waals surface area contributed by atoms with E-state index in [1.54, 1.807) is 37.4 Å². The first-order chi connectivity index (χ1) is 14.0. The lowest BCUT2D eigenvalue weighted by atomic mass is 10.1. The van der Waals surface area contributed by atoms with Crippen molar-refractivity contribution in [3.8, 4) is 22.8 Å². The summed E-state index contributed by atoms with van der Waals surface area (Å²) in [6.07, 6.45) is -2.80. The molecule has 0 aliphatic carbocycles. The van der Waals surface area contributed by atoms with Gasteiger partial charge < -0.3 is 15.5 Å². The number of alkyl halides is 2. The van der Waals surface area contributed by atoms with Crippen molar-refractivity contribution in [2.24, 2.45) is 0 Å². The van der Waals surface area contributed by atoms with E-state index in [-0.39, 0.29) is 5.89 Å². The Hall–Kier alpha value is -3.89. The van der Waals surface area contributed by atoms with Gasteiger partial charge >= 0.3 is 6.43 Å². The van der Waals surface area contributed by atoms with Crippen LogP contribution in [0, 0.1) is 0 Å². The number of nitrogen functional groups attached to an aromatic ring is 1. The number of hydrogen-bond acceptors (Lipinski definition) is 8. The summed E-state index contributed by atoms with van der Waals surface area (Å²) in [5.74, 6) is -0.205. The van der Waals surface area contributed by atoms with Crippen LogP contribution in [-0.2, 0) is 6.54 Å². The lowest BCUT2D eigenvalue weighted by Crippen LogP contribution is -2.04. The predicted molar refractivity (Wildman–Crippen MR) is 101 cm³/mol. The van der Waals surface area contributed by atoms with Gasteiger partial charge in [-0.3, -0.25) is 0 Å². The number of nitrogens with one attached hydrogen (secondary N) is 1. The highest BCUT2D eigenvalue weighted by Crippen LogP contribution is 2.25. The predicted octanol–water partition coefficient (Wildman–Crippen LogP) is 3.00. The van der Waals surface area contributed by atoms with E-state index < -0.39 is 12.3 Å². The summed E-state index contributed by atoms with van der Waals surface area (Å²) in [6, 6.07) is 12.5. The summed E-state index contributed by atoms with van der Waals surface area (Å²) >= 11 is 0. The molecule has 0 fully saturated rings. The number of tetrazole rings is 1. The van der Waals surface area contributed by atoms with E-state index in [1.807, 2.05) is 12.1 Å². The highest BCUT2D eigenvalue weighted by atomic mass is 19.3. The monoisotopic (exact) mass is 398 g/mol. The van der Waals surface area contributed by atoms with Crippen LogP contribution in [0.3, 0.4) is 0 Å². The van der Waals surface area contributed by atoms with Crippen LogP contribution in [0.15, 0.2) is 46.9 Å². The maximum absolute atomic E-state index is 12.6. The Morgan fingerprint density at radius 3 is 2.48 bits per heavy atom. The summed E-state index contributed by atoms with van der Waals surface area (Å²) in [6.45, 7) is 0.378. The largest absolute Gasteiger partial charge is 0.415 e. The molecule has 0 aliphatic heterocycles. The summed E-state index contributed by atoms with van der Waals surface area (Å²) in [5.41, 5.74) is 9.57. The summed E-state index contributed by atoms with van der Waals surface area (Å²) in [5, 5.41) is 22.4. The van der Waals surface area contributed by atoms with Gasteiger partial charge in [-0.15, -0.1) is 20.4 Å². The van der Waals surface area contributed by atoms with Crippen LogP contribution < -0.4 is 11.1 Å². The van der Waals surface area contributed by atoms with Gasteiger partial charge in [0.1, 0.15) is 0 Å². The average molecular weight is 398 g/mol. The minimum Gasteiger partial charge on any atom is -0.415 e. The van der Waals surface area contributed by atoms with E-state index >= 15 is 0 Å². The van der Waals surface area contributed by atoms with Gasteiger partial charge in [0.2, 0.25) is 11.7 Å². The first-order valence-electron chi connectivity index (χ1n) is 8.60. The van der Waals surface area contributed by atoms with Crippen molar-refractivity contribution in [1.29, 1.82) is 0 Å². The van der Waals surface area contributed by atoms with Gasteiger partial charge in [-0.1, -0.05) is 12.1 Å². The maximum atomic E-state index is 12.6. The molecule has 0 aliphatic rings. The van der Waals surface area contributed by atoms with E-state index in [1.165, 1.54) is 4.80 Å². The van der Waals surface area contributed by atoms with E-state index in [0.717, 1.165) is 16.8 Å². The molecule has 29 heavy (non-hydrogen) atoms. The Kier molecular flexibility index (Phi) is 4.85. The number of anilines is 2. The molecular formula is C18H16F2N8O. The van der Waals surface area contributed by atoms with Crippen LogP contribution in [0.25, 0.3) is 22.8 Å². The third-order valence-corrected chi connectivity index (χ3v) is 4.18. The van der Waals surface area contributed by atoms with E-state index in [4.69, 9.17) is 10.2 Å². The molecule has 0 saturated heterocycles. The quantitative estimate of drug-likeness (QED) is 0.476. The Morgan fingerprint density at radius 1 is 1.07 bits per heavy atom. The highest BCUT2D eigenvalue weighted by molar-refractivity contribution is 5.73. The van der Waals surface area contributed by atoms with Gasteiger partial charge in [-0.05, 0) is 41.1 Å². The first kappa shape index (κ1) is 18.5. The van der Waals surface area contributed by atoms with E-state index in [9.17, 15) is 8.78 Å². The van der Waals surface area contributed by atoms with Gasteiger partial charge in [0, 0.05) is 18.2 Å². The van der Waals surface area contributed by atoms with E-state index in [2.05, 4.69) is 30.9 Å². The summed E-state index contributed by atoms with van der Waals surface area (Å²) in [4.78, 5) is 1.45. The zero-order valence-corrected chi connectivity index (χ0v) is 15.3. The molecule has 0 bridgehead atoms. The van der Waals surface area contributed by atoms with Crippen LogP contribution >= 0.6 is 0 Å². The SMILES string of the molecule is CNc1ccc(-c2nnn(Cc3ccc(-c4nnc(C(F)F)o4)cc3)n2)cc1N. The molecule has 11 heteroatoms. The number of aromatic nitrogens is 6. The molecule has 9 nitrogen and oxygen atoms in total. The number of nitrogens with zero attached hydrogens (tertiary/aromatic N) is 6. The minimum atomic E-state index is -2.80. The Labute approximate surface area is 163 Å². The molecule has 2 aromatic carbocycles. The zero-order valence-electron chi connectivity index (χ0n) is 15.3. The van der Waals surface area contributed by atoms with Crippen molar-refractivity contribution in [2.75, 3.05) is 18.1 Å². The lowest BCUT2D eigenvalue weighted by molar-refractivity contribution is 0.116. The topological polar surface area (TPSA) is 121 Å². The second-order valence-corrected chi connectivity index (χ2v) is 6.14. The summed E-state index contributed by atoms with van der Waals surface area (Å²) in [7, 11) is 1.79. The molecule has 0 unspecified atom stereocenters. The van der Waals surface area contributed by atoms with Crippen molar-refractivity contribution in [3.05, 3.63) is 53.9 Å². The Balaban J connectivity index is 1.48. The molecule has 4 aromatic rings. The molecule has 0 radical (unpaired) electrons. The van der Waals surface area contributed by atoms with Crippen molar-refractivity contribution < 1.29 is 13.2 Å². The van der Waals surface area contributed by atoms with Crippen molar-refractivity contribution >= 4 is 11.4 Å². The molecule has 2 heterocycles. The van der Waals surface area contributed by atoms with Crippen LogP contribution in [0.4, 0.5) is 20.2 Å². The number of rotatable bonds is 6. The fraction of sp³-hybridized carbons (Fsp3) is 0.167. The number of halogens is 2. The maximum Gasteiger partial charge on any atom is 0.314 e. The van der Waals surface area contributed by atoms with Crippen LogP contribution in [0.1, 0.15) is 17.9 Å². The van der Waals surface area contributed by atoms with Crippen molar-refractivity contribution in [3.63, 3.8) is 0 Å². The van der Waals surface area contributed by atoms with Gasteiger partial charge in [-0.25, -0.2) is 0 Å². The number of nitrogens with two attached hydrogens (primary N) is 1. The number of hydrogen-bond donors (Lipinski definition) is 2. The van der Waals surface area contributed by atoms with Gasteiger partial charge in [-0.2, -0.15) is 13.6 Å². The molecule has 0 spiro atoms. The van der Waals surface area contributed by atoms with Gasteiger partial charge in [0.05, 0.1) is 17.9 Å². The second kappa shape index (κ2) is 7.62. The van der Waals surface area contributed by atoms with Crippen LogP contribution in [0.2, 0.25) is 0 Å². The van der Waals surface area contributed by atoms with Crippen molar-refractivity contribution in [1.82, 2.24) is 30.4 Å². The average Bonchev–Trinajstić information content (AvgIpc) is 3.38. The van der Waals surface area contributed by atoms with E-state index in [0.29, 0.717) is 23.6 Å². The smallest absolute Gasteiger partial charge is 0.314 e. The minimum absolute atomic E-state index is 0.0376. The standard InChI is InChI=1S/C18H16F2N8O/c1-22-14-7-6-12(8-13(14)21)16-23-27-28(26-16)9-10-2-4-11(5-3-10)17-24-25-18(29-17)15(19)20/h2-8,15,22H,9,21H2,1H3. The van der Waals surface area contributed by atoms with Gasteiger partial charge in [0.25, 0.3) is 5.89 Å². The zero-order chi connectivity index (χ0) is 20.4. The molecule has 4 rings (SSSR count). The third kappa shape index (κ3) is 3.88. The van der Waals surface area contributed by atoms with Gasteiger partial charge in [0.15, 0.2) is 0 Å². The molecule has 0 saturated carbocycles. The lowest BCUT2D eigenvalue weighted by Gasteiger charge is -2.05. The molecule has 0 atom stereocenters. The van der Waals surface area contributed by atoms with Crippen LogP contribution in [0.5, 0.6) is 0 Å². The number of benzene rings is 2. The fourth-order valence-electron chi connectivity index (χ4n) is 2.71. The molecule has 148 valence electrons. The van der Waals surface area contributed by atoms with Crippen molar-refractivity contribution in [2.45, 2.75) is 13.0 Å². The Bertz CT molecular complexity index is 1120. The fourth-order valence-corrected chi connectivity index (χ4v) is 2.71. The Morgan fingerprint density at radius 2 is 1.83 bits per heavy atom. The molecule has 0 amide bonds. The molecular weight excluding hydrogens is 382 g/mol. The molecule has 2 aromatic heterocycles. The second-order valence-electron chi connectivity index (χ2n) is 6.14. The highest BCUT2D eigenvalue weighted by Gasteiger charge is 2.17. The van der Waals surface area contributed by atoms with Crippen LogP contribution in [-0.4, -0.2) is 37.5 Å².